The SMILES string of the molecule is CCNCc1cc(COC2CC(C)CC(C)(C)C2)on1. The molecule has 1 saturated carbocycles. The number of ether oxygens (including phenoxy) is 1. The second-order valence-electron chi connectivity index (χ2n) is 6.91. The van der Waals surface area contributed by atoms with E-state index in [-0.39, 0.29) is 0 Å². The minimum Gasteiger partial charge on any atom is -0.370 e. The van der Waals surface area contributed by atoms with Crippen LogP contribution >= 0.6 is 0 Å². The molecule has 1 aromatic rings. The molecule has 20 heavy (non-hydrogen) atoms. The lowest BCUT2D eigenvalue weighted by molar-refractivity contribution is -0.0380. The second-order valence-corrected chi connectivity index (χ2v) is 6.91. The number of nitrogens with zero attached hydrogens (tertiary/aromatic N) is 1. The lowest BCUT2D eigenvalue weighted by atomic mass is 9.71. The molecule has 1 aliphatic carbocycles. The normalized spacial score (nSPS) is 25.8. The van der Waals surface area contributed by atoms with E-state index in [4.69, 9.17) is 9.26 Å². The molecule has 0 aliphatic heterocycles. The van der Waals surface area contributed by atoms with Crippen molar-refractivity contribution in [2.24, 2.45) is 11.3 Å². The van der Waals surface area contributed by atoms with Gasteiger partial charge in [-0.05, 0) is 37.1 Å². The van der Waals surface area contributed by atoms with Crippen LogP contribution in [0.1, 0.15) is 58.4 Å². The topological polar surface area (TPSA) is 47.3 Å². The molecule has 4 heteroatoms. The standard InChI is InChI=1S/C16H28N2O2/c1-5-17-10-13-7-15(20-18-13)11-19-14-6-12(2)8-16(3,4)9-14/h7,12,14,17H,5-6,8-11H2,1-4H3. The molecule has 1 aromatic heterocycles. The summed E-state index contributed by atoms with van der Waals surface area (Å²) in [6.07, 6.45) is 3.93. The zero-order valence-electron chi connectivity index (χ0n) is 13.2. The average Bonchev–Trinajstić information content (AvgIpc) is 2.79. The maximum absolute atomic E-state index is 6.04. The molecule has 0 aromatic carbocycles. The van der Waals surface area contributed by atoms with Gasteiger partial charge in [-0.2, -0.15) is 0 Å². The van der Waals surface area contributed by atoms with Gasteiger partial charge in [0, 0.05) is 12.6 Å². The van der Waals surface area contributed by atoms with E-state index in [1.54, 1.807) is 0 Å². The summed E-state index contributed by atoms with van der Waals surface area (Å²) in [5.74, 6) is 1.57. The summed E-state index contributed by atoms with van der Waals surface area (Å²) in [7, 11) is 0. The Hall–Kier alpha value is -0.870. The van der Waals surface area contributed by atoms with E-state index in [1.807, 2.05) is 6.07 Å². The first-order chi connectivity index (χ1) is 9.48. The first-order valence-corrected chi connectivity index (χ1v) is 7.75. The number of hydrogen-bond acceptors (Lipinski definition) is 4. The quantitative estimate of drug-likeness (QED) is 0.866. The number of aromatic nitrogens is 1. The van der Waals surface area contributed by atoms with Crippen LogP contribution < -0.4 is 5.32 Å². The Kier molecular flexibility index (Phi) is 5.22. The minimum absolute atomic E-state index is 0.344. The largest absolute Gasteiger partial charge is 0.370 e. The van der Waals surface area contributed by atoms with E-state index in [0.29, 0.717) is 18.1 Å². The van der Waals surface area contributed by atoms with Crippen molar-refractivity contribution in [2.45, 2.75) is 66.2 Å². The fourth-order valence-electron chi connectivity index (χ4n) is 3.35. The van der Waals surface area contributed by atoms with Gasteiger partial charge < -0.3 is 14.6 Å². The highest BCUT2D eigenvalue weighted by Crippen LogP contribution is 2.39. The molecular weight excluding hydrogens is 252 g/mol. The maximum atomic E-state index is 6.04. The van der Waals surface area contributed by atoms with Crippen molar-refractivity contribution in [1.82, 2.24) is 10.5 Å². The third-order valence-electron chi connectivity index (χ3n) is 3.97. The first kappa shape index (κ1) is 15.5. The van der Waals surface area contributed by atoms with Gasteiger partial charge >= 0.3 is 0 Å². The Balaban J connectivity index is 1.81. The number of hydrogen-bond donors (Lipinski definition) is 1. The average molecular weight is 280 g/mol. The van der Waals surface area contributed by atoms with Gasteiger partial charge in [0.1, 0.15) is 6.61 Å². The molecule has 114 valence electrons. The van der Waals surface area contributed by atoms with Crippen LogP contribution in [-0.2, 0) is 17.9 Å². The molecular formula is C16H28N2O2. The highest BCUT2D eigenvalue weighted by Gasteiger charge is 2.32. The molecule has 2 unspecified atom stereocenters. The Morgan fingerprint density at radius 3 is 2.95 bits per heavy atom. The van der Waals surface area contributed by atoms with Gasteiger partial charge in [-0.3, -0.25) is 0 Å². The van der Waals surface area contributed by atoms with E-state index >= 15 is 0 Å². The number of rotatable bonds is 6. The zero-order chi connectivity index (χ0) is 14.6. The van der Waals surface area contributed by atoms with Gasteiger partial charge in [-0.15, -0.1) is 0 Å². The second kappa shape index (κ2) is 6.72. The summed E-state index contributed by atoms with van der Waals surface area (Å²) in [5.41, 5.74) is 1.34. The lowest BCUT2D eigenvalue weighted by Crippen LogP contribution is -2.32. The summed E-state index contributed by atoms with van der Waals surface area (Å²) in [6, 6.07) is 1.99. The van der Waals surface area contributed by atoms with Crippen molar-refractivity contribution < 1.29 is 9.26 Å². The van der Waals surface area contributed by atoms with Gasteiger partial charge in [0.05, 0.1) is 11.8 Å². The van der Waals surface area contributed by atoms with Crippen molar-refractivity contribution >= 4 is 0 Å². The third kappa shape index (κ3) is 4.60. The third-order valence-corrected chi connectivity index (χ3v) is 3.97. The predicted molar refractivity (Wildman–Crippen MR) is 79.3 cm³/mol. The summed E-state index contributed by atoms with van der Waals surface area (Å²) in [5, 5.41) is 7.28. The maximum Gasteiger partial charge on any atom is 0.162 e. The van der Waals surface area contributed by atoms with Crippen molar-refractivity contribution in [1.29, 1.82) is 0 Å². The van der Waals surface area contributed by atoms with E-state index in [1.165, 1.54) is 6.42 Å². The summed E-state index contributed by atoms with van der Waals surface area (Å²) >= 11 is 0. The van der Waals surface area contributed by atoms with Crippen LogP contribution in [0.15, 0.2) is 10.6 Å². The Morgan fingerprint density at radius 1 is 1.45 bits per heavy atom. The van der Waals surface area contributed by atoms with Crippen LogP contribution in [0, 0.1) is 11.3 Å². The van der Waals surface area contributed by atoms with Gasteiger partial charge in [-0.1, -0.05) is 32.9 Å². The van der Waals surface area contributed by atoms with Gasteiger partial charge in [0.2, 0.25) is 0 Å². The Labute approximate surface area is 122 Å². The van der Waals surface area contributed by atoms with Crippen LogP contribution in [0.25, 0.3) is 0 Å². The van der Waals surface area contributed by atoms with Crippen LogP contribution in [0.2, 0.25) is 0 Å². The van der Waals surface area contributed by atoms with Crippen LogP contribution in [0.4, 0.5) is 0 Å². The van der Waals surface area contributed by atoms with Gasteiger partial charge in [0.15, 0.2) is 5.76 Å². The molecule has 0 spiro atoms. The molecule has 0 bridgehead atoms. The summed E-state index contributed by atoms with van der Waals surface area (Å²) in [6.45, 7) is 11.3. The Morgan fingerprint density at radius 2 is 2.25 bits per heavy atom. The summed E-state index contributed by atoms with van der Waals surface area (Å²) < 4.78 is 11.4. The Bertz CT molecular complexity index is 414. The molecule has 1 N–H and O–H groups in total. The van der Waals surface area contributed by atoms with E-state index in [9.17, 15) is 0 Å². The zero-order valence-corrected chi connectivity index (χ0v) is 13.2. The predicted octanol–water partition coefficient (Wildman–Crippen LogP) is 3.52. The summed E-state index contributed by atoms with van der Waals surface area (Å²) in [4.78, 5) is 0. The molecule has 0 radical (unpaired) electrons. The molecule has 2 rings (SSSR count). The van der Waals surface area contributed by atoms with Crippen molar-refractivity contribution in [3.63, 3.8) is 0 Å². The van der Waals surface area contributed by atoms with Gasteiger partial charge in [0.25, 0.3) is 0 Å². The minimum atomic E-state index is 0.344. The molecule has 4 nitrogen and oxygen atoms in total. The number of nitrogens with one attached hydrogen (secondary N) is 1. The molecule has 2 atom stereocenters. The van der Waals surface area contributed by atoms with Crippen molar-refractivity contribution in [2.75, 3.05) is 6.54 Å². The van der Waals surface area contributed by atoms with Crippen molar-refractivity contribution in [3.05, 3.63) is 17.5 Å². The highest BCUT2D eigenvalue weighted by molar-refractivity contribution is 5.04. The van der Waals surface area contributed by atoms with E-state index < -0.39 is 0 Å². The highest BCUT2D eigenvalue weighted by atomic mass is 16.5. The van der Waals surface area contributed by atoms with Crippen LogP contribution in [-0.4, -0.2) is 17.8 Å². The monoisotopic (exact) mass is 280 g/mol. The van der Waals surface area contributed by atoms with Gasteiger partial charge in [-0.25, -0.2) is 0 Å². The molecule has 0 saturated heterocycles. The van der Waals surface area contributed by atoms with Crippen molar-refractivity contribution in [3.8, 4) is 0 Å². The molecule has 0 amide bonds. The molecule has 1 heterocycles. The van der Waals surface area contributed by atoms with Crippen LogP contribution in [0.3, 0.4) is 0 Å². The van der Waals surface area contributed by atoms with Crippen LogP contribution in [0.5, 0.6) is 0 Å². The van der Waals surface area contributed by atoms with E-state index in [0.717, 1.165) is 43.3 Å². The fraction of sp³-hybridized carbons (Fsp3) is 0.812. The lowest BCUT2D eigenvalue weighted by Gasteiger charge is -2.38. The molecule has 1 aliphatic rings. The van der Waals surface area contributed by atoms with E-state index in [2.05, 4.69) is 38.2 Å². The first-order valence-electron chi connectivity index (χ1n) is 7.75. The fourth-order valence-corrected chi connectivity index (χ4v) is 3.35. The molecule has 1 fully saturated rings. The smallest absolute Gasteiger partial charge is 0.162 e.